The maximum Gasteiger partial charge on any atom is 0.250 e. The lowest BCUT2D eigenvalue weighted by Gasteiger charge is -2.27. The van der Waals surface area contributed by atoms with Crippen LogP contribution in [0.4, 0.5) is 27.9 Å². The Morgan fingerprint density at radius 1 is 0.892 bits per heavy atom. The number of para-hydroxylation sites is 1. The van der Waals surface area contributed by atoms with Crippen LogP contribution in [0.5, 0.6) is 5.75 Å². The molecule has 5 rings (SSSR count). The summed E-state index contributed by atoms with van der Waals surface area (Å²) in [6, 6.07) is 23.4. The number of hydrogen-bond donors (Lipinski definition) is 2. The predicted molar refractivity (Wildman–Crippen MR) is 141 cm³/mol. The molecule has 4 aromatic rings. The summed E-state index contributed by atoms with van der Waals surface area (Å²) in [6.45, 7) is 3.01. The lowest BCUT2D eigenvalue weighted by atomic mass is 10.2. The largest absolute Gasteiger partial charge is 0.489 e. The van der Waals surface area contributed by atoms with Crippen LogP contribution in [0, 0.1) is 5.82 Å². The van der Waals surface area contributed by atoms with E-state index >= 15 is 0 Å². The first-order valence-electron chi connectivity index (χ1n) is 11.9. The number of nitrogens with one attached hydrogen (secondary N) is 2. The van der Waals surface area contributed by atoms with E-state index in [0.717, 1.165) is 16.8 Å². The Morgan fingerprint density at radius 3 is 2.38 bits per heavy atom. The third-order valence-electron chi connectivity index (χ3n) is 5.52. The van der Waals surface area contributed by atoms with Gasteiger partial charge in [0.2, 0.25) is 17.8 Å². The molecule has 0 saturated carbocycles. The number of aromatic nitrogens is 3. The van der Waals surface area contributed by atoms with Gasteiger partial charge in [0.05, 0.1) is 19.4 Å². The van der Waals surface area contributed by atoms with E-state index in [1.807, 2.05) is 54.6 Å². The van der Waals surface area contributed by atoms with Crippen LogP contribution in [0.3, 0.4) is 0 Å². The Balaban J connectivity index is 1.24. The molecule has 0 atom stereocenters. The average molecular weight is 500 g/mol. The number of hydrazone groups is 1. The predicted octanol–water partition coefficient (Wildman–Crippen LogP) is 4.62. The minimum atomic E-state index is -0.265. The van der Waals surface area contributed by atoms with Crippen molar-refractivity contribution in [3.63, 3.8) is 0 Å². The van der Waals surface area contributed by atoms with Crippen molar-refractivity contribution in [2.75, 3.05) is 41.9 Å². The molecule has 1 saturated heterocycles. The molecule has 1 aliphatic rings. The van der Waals surface area contributed by atoms with E-state index in [-0.39, 0.29) is 5.82 Å². The molecule has 1 aromatic heterocycles. The van der Waals surface area contributed by atoms with Crippen LogP contribution in [-0.2, 0) is 11.3 Å². The molecule has 3 aromatic carbocycles. The van der Waals surface area contributed by atoms with E-state index < -0.39 is 0 Å². The third kappa shape index (κ3) is 6.98. The Bertz CT molecular complexity index is 1310. The van der Waals surface area contributed by atoms with Crippen LogP contribution in [0.1, 0.15) is 11.1 Å². The van der Waals surface area contributed by atoms with Gasteiger partial charge < -0.3 is 19.7 Å². The second kappa shape index (κ2) is 11.9. The number of morpholine rings is 1. The molecule has 1 fully saturated rings. The molecule has 37 heavy (non-hydrogen) atoms. The van der Waals surface area contributed by atoms with Crippen molar-refractivity contribution in [2.45, 2.75) is 6.61 Å². The molecule has 10 heteroatoms. The molecule has 0 spiro atoms. The monoisotopic (exact) mass is 499 g/mol. The van der Waals surface area contributed by atoms with Crippen molar-refractivity contribution in [2.24, 2.45) is 5.10 Å². The summed E-state index contributed by atoms with van der Waals surface area (Å²) in [5.41, 5.74) is 5.55. The molecule has 0 amide bonds. The molecule has 2 heterocycles. The fraction of sp³-hybridized carbons (Fsp3) is 0.185. The molecule has 0 bridgehead atoms. The van der Waals surface area contributed by atoms with E-state index in [1.165, 1.54) is 12.1 Å². The molecule has 0 unspecified atom stereocenters. The third-order valence-corrected chi connectivity index (χ3v) is 5.52. The highest BCUT2D eigenvalue weighted by molar-refractivity contribution is 5.80. The summed E-state index contributed by atoms with van der Waals surface area (Å²) < 4.78 is 24.3. The van der Waals surface area contributed by atoms with Gasteiger partial charge in [-0.05, 0) is 59.7 Å². The zero-order valence-electron chi connectivity index (χ0n) is 20.0. The van der Waals surface area contributed by atoms with Gasteiger partial charge in [0.25, 0.3) is 0 Å². The summed E-state index contributed by atoms with van der Waals surface area (Å²) in [5, 5.41) is 7.52. The van der Waals surface area contributed by atoms with Gasteiger partial charge in [-0.25, -0.2) is 9.82 Å². The number of nitrogens with zero attached hydrogens (tertiary/aromatic N) is 5. The van der Waals surface area contributed by atoms with E-state index in [4.69, 9.17) is 9.47 Å². The first-order valence-corrected chi connectivity index (χ1v) is 11.9. The molecule has 0 aliphatic carbocycles. The van der Waals surface area contributed by atoms with E-state index in [2.05, 4.69) is 35.7 Å². The molecule has 0 radical (unpaired) electrons. The Hall–Kier alpha value is -4.57. The van der Waals surface area contributed by atoms with Gasteiger partial charge in [0.1, 0.15) is 18.2 Å². The molecule has 2 N–H and O–H groups in total. The average Bonchev–Trinajstić information content (AvgIpc) is 2.94. The zero-order chi connectivity index (χ0) is 25.3. The highest BCUT2D eigenvalue weighted by Crippen LogP contribution is 2.19. The molecular formula is C27H26FN7O2. The summed E-state index contributed by atoms with van der Waals surface area (Å²) in [6.07, 6.45) is 1.67. The molecular weight excluding hydrogens is 473 g/mol. The zero-order valence-corrected chi connectivity index (χ0v) is 20.0. The lowest BCUT2D eigenvalue weighted by Crippen LogP contribution is -2.37. The quantitative estimate of drug-likeness (QED) is 0.255. The van der Waals surface area contributed by atoms with Crippen molar-refractivity contribution in [1.29, 1.82) is 0 Å². The number of hydrogen-bond acceptors (Lipinski definition) is 9. The molecule has 188 valence electrons. The normalized spacial score (nSPS) is 13.5. The van der Waals surface area contributed by atoms with E-state index in [9.17, 15) is 4.39 Å². The number of anilines is 4. The van der Waals surface area contributed by atoms with E-state index in [0.29, 0.717) is 56.5 Å². The second-order valence-corrected chi connectivity index (χ2v) is 8.23. The van der Waals surface area contributed by atoms with Crippen molar-refractivity contribution < 1.29 is 13.9 Å². The van der Waals surface area contributed by atoms with Crippen LogP contribution in [0.25, 0.3) is 0 Å². The molecule has 9 nitrogen and oxygen atoms in total. The van der Waals surface area contributed by atoms with Crippen molar-refractivity contribution >= 4 is 29.7 Å². The number of halogens is 1. The number of benzene rings is 3. The van der Waals surface area contributed by atoms with Crippen LogP contribution >= 0.6 is 0 Å². The van der Waals surface area contributed by atoms with E-state index in [1.54, 1.807) is 18.3 Å². The van der Waals surface area contributed by atoms with Gasteiger partial charge in [-0.15, -0.1) is 0 Å². The first kappa shape index (κ1) is 24.1. The van der Waals surface area contributed by atoms with Gasteiger partial charge in [-0.1, -0.05) is 30.3 Å². The Labute approximate surface area is 214 Å². The topological polar surface area (TPSA) is 96.8 Å². The van der Waals surface area contributed by atoms with Gasteiger partial charge in [-0.3, -0.25) is 0 Å². The SMILES string of the molecule is Fc1ccc(COc2ccc(/C=N\Nc3nc(Nc4ccccc4)nc(N4CCOCC4)n3)cc2)cc1. The number of rotatable bonds is 9. The lowest BCUT2D eigenvalue weighted by molar-refractivity contribution is 0.122. The van der Waals surface area contributed by atoms with Crippen molar-refractivity contribution in [1.82, 2.24) is 15.0 Å². The minimum Gasteiger partial charge on any atom is -0.489 e. The highest BCUT2D eigenvalue weighted by Gasteiger charge is 2.16. The minimum absolute atomic E-state index is 0.265. The Kier molecular flexibility index (Phi) is 7.77. The summed E-state index contributed by atoms with van der Waals surface area (Å²) in [4.78, 5) is 15.7. The van der Waals surface area contributed by atoms with Crippen LogP contribution in [-0.4, -0.2) is 47.5 Å². The van der Waals surface area contributed by atoms with Gasteiger partial charge in [0.15, 0.2) is 0 Å². The summed E-state index contributed by atoms with van der Waals surface area (Å²) in [5.74, 6) is 1.74. The smallest absolute Gasteiger partial charge is 0.250 e. The fourth-order valence-corrected chi connectivity index (χ4v) is 3.59. The standard InChI is InChI=1S/C27H26FN7O2/c28-22-10-6-21(7-11-22)19-37-24-12-8-20(9-13-24)18-29-34-26-31-25(30-23-4-2-1-3-5-23)32-27(33-26)35-14-16-36-17-15-35/h1-13,18H,14-17,19H2,(H2,30,31,32,33,34)/b29-18-. The van der Waals surface area contributed by atoms with Gasteiger partial charge in [0, 0.05) is 18.8 Å². The van der Waals surface area contributed by atoms with Crippen LogP contribution < -0.4 is 20.4 Å². The Morgan fingerprint density at radius 2 is 1.62 bits per heavy atom. The first-order chi connectivity index (χ1) is 18.2. The summed E-state index contributed by atoms with van der Waals surface area (Å²) >= 11 is 0. The van der Waals surface area contributed by atoms with Crippen molar-refractivity contribution in [3.05, 3.63) is 95.8 Å². The van der Waals surface area contributed by atoms with Crippen molar-refractivity contribution in [3.8, 4) is 5.75 Å². The fourth-order valence-electron chi connectivity index (χ4n) is 3.59. The maximum absolute atomic E-state index is 13.0. The van der Waals surface area contributed by atoms with Gasteiger partial charge >= 0.3 is 0 Å². The second-order valence-electron chi connectivity index (χ2n) is 8.23. The van der Waals surface area contributed by atoms with Crippen LogP contribution in [0.15, 0.2) is 84.0 Å². The highest BCUT2D eigenvalue weighted by atomic mass is 19.1. The van der Waals surface area contributed by atoms with Crippen LogP contribution in [0.2, 0.25) is 0 Å². The van der Waals surface area contributed by atoms with Gasteiger partial charge in [-0.2, -0.15) is 20.1 Å². The molecule has 1 aliphatic heterocycles. The maximum atomic E-state index is 13.0. The number of ether oxygens (including phenoxy) is 2. The summed E-state index contributed by atoms with van der Waals surface area (Å²) in [7, 11) is 0.